The molecule has 3 nitrogen and oxygen atoms in total. The Bertz CT molecular complexity index is 249. The number of ketones is 1. The molecule has 0 aromatic heterocycles. The first kappa shape index (κ1) is 11.7. The molecule has 1 N–H and O–H groups in total. The van der Waals surface area contributed by atoms with E-state index in [1.165, 1.54) is 0 Å². The first-order chi connectivity index (χ1) is 6.17. The minimum atomic E-state index is -0.509. The van der Waals surface area contributed by atoms with Gasteiger partial charge >= 0.3 is 0 Å². The van der Waals surface area contributed by atoms with E-state index in [4.69, 9.17) is 4.74 Å². The van der Waals surface area contributed by atoms with E-state index in [0.717, 1.165) is 0 Å². The number of nitrogens with one attached hydrogen (secondary N) is 1. The zero-order valence-electron chi connectivity index (χ0n) is 10.0. The molecule has 1 rings (SSSR count). The summed E-state index contributed by atoms with van der Waals surface area (Å²) in [5.74, 6) is 0.226. The third-order valence-corrected chi connectivity index (χ3v) is 3.17. The van der Waals surface area contributed by atoms with Crippen molar-refractivity contribution in [3.05, 3.63) is 0 Å². The van der Waals surface area contributed by atoms with Gasteiger partial charge in [0.05, 0.1) is 12.2 Å². The van der Waals surface area contributed by atoms with Crippen molar-refractivity contribution < 1.29 is 9.53 Å². The van der Waals surface area contributed by atoms with Crippen LogP contribution >= 0.6 is 0 Å². The third-order valence-electron chi connectivity index (χ3n) is 3.17. The van der Waals surface area contributed by atoms with Crippen LogP contribution < -0.4 is 5.32 Å². The van der Waals surface area contributed by atoms with Gasteiger partial charge in [-0.3, -0.25) is 4.79 Å². The summed E-state index contributed by atoms with van der Waals surface area (Å²) in [5, 5.41) is 3.14. The summed E-state index contributed by atoms with van der Waals surface area (Å²) in [5.41, 5.74) is -1.23. The topological polar surface area (TPSA) is 38.3 Å². The lowest BCUT2D eigenvalue weighted by atomic mass is 9.67. The van der Waals surface area contributed by atoms with Crippen molar-refractivity contribution in [2.45, 2.75) is 45.8 Å². The Morgan fingerprint density at radius 2 is 1.86 bits per heavy atom. The maximum atomic E-state index is 12.3. The zero-order valence-corrected chi connectivity index (χ0v) is 10.0. The van der Waals surface area contributed by atoms with Gasteiger partial charge in [0.1, 0.15) is 5.54 Å². The second-order valence-electron chi connectivity index (χ2n) is 5.53. The van der Waals surface area contributed by atoms with Gasteiger partial charge in [-0.2, -0.15) is 0 Å². The van der Waals surface area contributed by atoms with E-state index in [2.05, 4.69) is 5.32 Å². The van der Waals surface area contributed by atoms with Crippen LogP contribution in [-0.4, -0.2) is 30.6 Å². The minimum absolute atomic E-state index is 0.226. The fraction of sp³-hybridized carbons (Fsp3) is 0.909. The van der Waals surface area contributed by atoms with Crippen LogP contribution in [0.5, 0.6) is 0 Å². The number of hydrogen-bond donors (Lipinski definition) is 1. The van der Waals surface area contributed by atoms with Crippen LogP contribution in [-0.2, 0) is 9.53 Å². The fourth-order valence-electron chi connectivity index (χ4n) is 1.97. The van der Waals surface area contributed by atoms with E-state index in [1.807, 2.05) is 41.7 Å². The second-order valence-corrected chi connectivity index (χ2v) is 5.53. The summed E-state index contributed by atoms with van der Waals surface area (Å²) >= 11 is 0. The molecule has 1 aliphatic rings. The molecule has 0 radical (unpaired) electrons. The highest BCUT2D eigenvalue weighted by Gasteiger charge is 2.61. The summed E-state index contributed by atoms with van der Waals surface area (Å²) in [7, 11) is 1.83. The quantitative estimate of drug-likeness (QED) is 0.730. The van der Waals surface area contributed by atoms with Crippen LogP contribution in [0.25, 0.3) is 0 Å². The van der Waals surface area contributed by atoms with Crippen molar-refractivity contribution in [2.75, 3.05) is 13.7 Å². The molecule has 1 fully saturated rings. The Labute approximate surface area is 86.2 Å². The third kappa shape index (κ3) is 1.39. The van der Waals surface area contributed by atoms with E-state index in [0.29, 0.717) is 6.61 Å². The molecular formula is C11H21NO2. The maximum absolute atomic E-state index is 12.3. The Hall–Kier alpha value is -0.410. The molecule has 1 saturated heterocycles. The zero-order chi connectivity index (χ0) is 11.2. The molecule has 1 unspecified atom stereocenters. The smallest absolute Gasteiger partial charge is 0.163 e. The molecule has 82 valence electrons. The Morgan fingerprint density at radius 1 is 1.36 bits per heavy atom. The monoisotopic (exact) mass is 199 g/mol. The summed E-state index contributed by atoms with van der Waals surface area (Å²) in [6, 6.07) is 0. The predicted octanol–water partition coefficient (Wildman–Crippen LogP) is 1.37. The van der Waals surface area contributed by atoms with E-state index in [1.54, 1.807) is 0 Å². The molecule has 14 heavy (non-hydrogen) atoms. The summed E-state index contributed by atoms with van der Waals surface area (Å²) in [6.07, 6.45) is 0. The lowest BCUT2D eigenvalue weighted by Gasteiger charge is -2.56. The summed E-state index contributed by atoms with van der Waals surface area (Å²) in [4.78, 5) is 12.3. The highest BCUT2D eigenvalue weighted by Crippen LogP contribution is 2.41. The number of likely N-dealkylation sites (N-methyl/N-ethyl adjacent to an activating group) is 1. The van der Waals surface area contributed by atoms with Gasteiger partial charge in [0.2, 0.25) is 0 Å². The van der Waals surface area contributed by atoms with Gasteiger partial charge in [-0.25, -0.2) is 0 Å². The van der Waals surface area contributed by atoms with Crippen molar-refractivity contribution in [3.63, 3.8) is 0 Å². The van der Waals surface area contributed by atoms with Gasteiger partial charge < -0.3 is 10.1 Å². The summed E-state index contributed by atoms with van der Waals surface area (Å²) < 4.78 is 5.46. The Kier molecular flexibility index (Phi) is 2.53. The Balaban J connectivity index is 2.99. The first-order valence-electron chi connectivity index (χ1n) is 5.05. The molecule has 0 spiro atoms. The van der Waals surface area contributed by atoms with E-state index < -0.39 is 11.1 Å². The molecule has 3 heteroatoms. The van der Waals surface area contributed by atoms with Crippen LogP contribution in [0.1, 0.15) is 34.6 Å². The molecule has 1 atom stereocenters. The molecule has 0 amide bonds. The molecule has 0 aromatic rings. The molecular weight excluding hydrogens is 178 g/mol. The fourth-order valence-corrected chi connectivity index (χ4v) is 1.97. The molecule has 0 aliphatic carbocycles. The van der Waals surface area contributed by atoms with Gasteiger partial charge in [0, 0.05) is 5.41 Å². The standard InChI is InChI=1S/C11H21NO2/c1-9(2,3)8(13)11(12-6)7-14-10(11,4)5/h12H,7H2,1-6H3. The highest BCUT2D eigenvalue weighted by molar-refractivity contribution is 5.95. The lowest BCUT2D eigenvalue weighted by molar-refractivity contribution is -0.213. The van der Waals surface area contributed by atoms with Crippen LogP contribution in [0.2, 0.25) is 0 Å². The molecule has 0 bridgehead atoms. The largest absolute Gasteiger partial charge is 0.371 e. The van der Waals surface area contributed by atoms with Crippen molar-refractivity contribution in [1.82, 2.24) is 5.32 Å². The number of carbonyl (C=O) groups is 1. The van der Waals surface area contributed by atoms with Gasteiger partial charge in [0.15, 0.2) is 5.78 Å². The van der Waals surface area contributed by atoms with Crippen LogP contribution in [0, 0.1) is 5.41 Å². The van der Waals surface area contributed by atoms with E-state index in [-0.39, 0.29) is 11.2 Å². The van der Waals surface area contributed by atoms with Gasteiger partial charge in [-0.15, -0.1) is 0 Å². The number of rotatable bonds is 2. The van der Waals surface area contributed by atoms with Crippen molar-refractivity contribution in [3.8, 4) is 0 Å². The molecule has 1 aliphatic heterocycles. The van der Waals surface area contributed by atoms with Gasteiger partial charge in [-0.05, 0) is 20.9 Å². The highest BCUT2D eigenvalue weighted by atomic mass is 16.5. The van der Waals surface area contributed by atoms with E-state index >= 15 is 0 Å². The predicted molar refractivity (Wildman–Crippen MR) is 56.3 cm³/mol. The molecule has 1 heterocycles. The van der Waals surface area contributed by atoms with E-state index in [9.17, 15) is 4.79 Å². The molecule has 0 saturated carbocycles. The average Bonchev–Trinajstić information content (AvgIpc) is 2.02. The number of Topliss-reactive ketones (excluding diaryl/α,β-unsaturated/α-hetero) is 1. The SMILES string of the molecule is CNC1(C(=O)C(C)(C)C)COC1(C)C. The number of ether oxygens (including phenoxy) is 1. The lowest BCUT2D eigenvalue weighted by Crippen LogP contribution is -2.77. The van der Waals surface area contributed by atoms with Crippen LogP contribution in [0.4, 0.5) is 0 Å². The molecule has 0 aromatic carbocycles. The van der Waals surface area contributed by atoms with Crippen molar-refractivity contribution in [2.24, 2.45) is 5.41 Å². The van der Waals surface area contributed by atoms with Gasteiger partial charge in [0.25, 0.3) is 0 Å². The van der Waals surface area contributed by atoms with Gasteiger partial charge in [-0.1, -0.05) is 20.8 Å². The van der Waals surface area contributed by atoms with Crippen molar-refractivity contribution >= 4 is 5.78 Å². The van der Waals surface area contributed by atoms with Crippen LogP contribution in [0.15, 0.2) is 0 Å². The first-order valence-corrected chi connectivity index (χ1v) is 5.05. The Morgan fingerprint density at radius 3 is 1.93 bits per heavy atom. The minimum Gasteiger partial charge on any atom is -0.371 e. The van der Waals surface area contributed by atoms with Crippen molar-refractivity contribution in [1.29, 1.82) is 0 Å². The average molecular weight is 199 g/mol. The maximum Gasteiger partial charge on any atom is 0.163 e. The second kappa shape index (κ2) is 3.04. The summed E-state index contributed by atoms with van der Waals surface area (Å²) in [6.45, 7) is 10.2. The number of carbonyl (C=O) groups excluding carboxylic acids is 1. The number of hydrogen-bond acceptors (Lipinski definition) is 3. The normalized spacial score (nSPS) is 31.0. The van der Waals surface area contributed by atoms with Crippen LogP contribution in [0.3, 0.4) is 0 Å².